The number of tetrazole rings is 1. The van der Waals surface area contributed by atoms with E-state index in [1.54, 1.807) is 0 Å². The molecule has 1 aliphatic rings. The molecule has 1 aliphatic heterocycles. The molecule has 2 heterocycles. The number of nitrogens with zero attached hydrogens (tertiary/aromatic N) is 4. The SMILES string of the molecule is O=C(O)C[C@@H]1CC[C@H](NC(=O)Cn2cnnn2)B(O)O1. The number of carbonyl (C=O) groups is 2. The Balaban J connectivity index is 1.79. The Morgan fingerprint density at radius 2 is 2.30 bits per heavy atom. The molecular weight excluding hydrogens is 269 g/mol. The van der Waals surface area contributed by atoms with Gasteiger partial charge in [0, 0.05) is 0 Å². The summed E-state index contributed by atoms with van der Waals surface area (Å²) < 4.78 is 6.41. The summed E-state index contributed by atoms with van der Waals surface area (Å²) in [6, 6.07) is 0. The van der Waals surface area contributed by atoms with E-state index < -0.39 is 25.1 Å². The topological polar surface area (TPSA) is 139 Å². The van der Waals surface area contributed by atoms with E-state index in [1.807, 2.05) is 0 Å². The van der Waals surface area contributed by atoms with Gasteiger partial charge in [-0.05, 0) is 23.3 Å². The zero-order chi connectivity index (χ0) is 14.5. The van der Waals surface area contributed by atoms with E-state index in [0.29, 0.717) is 12.8 Å². The average Bonchev–Trinajstić information content (AvgIpc) is 2.84. The number of carboxylic acids is 1. The van der Waals surface area contributed by atoms with Gasteiger partial charge in [-0.15, -0.1) is 5.10 Å². The molecule has 0 aromatic carbocycles. The quantitative estimate of drug-likeness (QED) is 0.519. The molecule has 2 rings (SSSR count). The first-order valence-electron chi connectivity index (χ1n) is 6.10. The summed E-state index contributed by atoms with van der Waals surface area (Å²) in [6.45, 7) is -0.0607. The minimum atomic E-state index is -1.22. The number of carbonyl (C=O) groups excluding carboxylic acids is 1. The highest BCUT2D eigenvalue weighted by atomic mass is 16.5. The van der Waals surface area contributed by atoms with Crippen molar-refractivity contribution in [3.8, 4) is 0 Å². The third-order valence-electron chi connectivity index (χ3n) is 2.92. The van der Waals surface area contributed by atoms with Crippen molar-refractivity contribution in [1.29, 1.82) is 0 Å². The highest BCUT2D eigenvalue weighted by Crippen LogP contribution is 2.18. The molecule has 11 heteroatoms. The van der Waals surface area contributed by atoms with Gasteiger partial charge in [-0.2, -0.15) is 0 Å². The summed E-state index contributed by atoms with van der Waals surface area (Å²) in [4.78, 5) is 22.3. The third kappa shape index (κ3) is 4.00. The average molecular weight is 283 g/mol. The number of hydrogen-bond donors (Lipinski definition) is 3. The fourth-order valence-electron chi connectivity index (χ4n) is 2.01. The van der Waals surface area contributed by atoms with E-state index in [0.717, 1.165) is 0 Å². The number of nitrogens with one attached hydrogen (secondary N) is 1. The summed E-state index contributed by atoms with van der Waals surface area (Å²) in [7, 11) is -1.22. The van der Waals surface area contributed by atoms with Crippen LogP contribution in [0.4, 0.5) is 0 Å². The van der Waals surface area contributed by atoms with Crippen molar-refractivity contribution in [3.63, 3.8) is 0 Å². The van der Waals surface area contributed by atoms with Crippen molar-refractivity contribution >= 4 is 19.0 Å². The Morgan fingerprint density at radius 3 is 2.90 bits per heavy atom. The number of aromatic nitrogens is 4. The molecule has 0 bridgehead atoms. The first kappa shape index (κ1) is 14.4. The van der Waals surface area contributed by atoms with E-state index in [1.165, 1.54) is 11.0 Å². The summed E-state index contributed by atoms with van der Waals surface area (Å²) in [5.41, 5.74) is 0. The van der Waals surface area contributed by atoms with Gasteiger partial charge in [-0.3, -0.25) is 9.59 Å². The van der Waals surface area contributed by atoms with Crippen LogP contribution in [0.15, 0.2) is 6.33 Å². The van der Waals surface area contributed by atoms with Crippen molar-refractivity contribution in [1.82, 2.24) is 25.5 Å². The fourth-order valence-corrected chi connectivity index (χ4v) is 2.01. The van der Waals surface area contributed by atoms with Crippen LogP contribution in [0.5, 0.6) is 0 Å². The number of carboxylic acid groups (broad SMARTS) is 1. The summed E-state index contributed by atoms with van der Waals surface area (Å²) >= 11 is 0. The minimum Gasteiger partial charge on any atom is -0.481 e. The zero-order valence-electron chi connectivity index (χ0n) is 10.5. The van der Waals surface area contributed by atoms with Gasteiger partial charge in [0.25, 0.3) is 0 Å². The molecule has 1 aromatic heterocycles. The summed E-state index contributed by atoms with van der Waals surface area (Å²) in [6.07, 6.45) is 1.51. The standard InChI is InChI=1S/C9H14BN5O5/c16-8(4-15-5-11-13-14-15)12-7-2-1-6(3-9(17)18)20-10(7)19/h5-7,19H,1-4H2,(H,12,16)(H,17,18)/t6-,7-/m0/s1. The van der Waals surface area contributed by atoms with Gasteiger partial charge >= 0.3 is 13.1 Å². The Bertz CT molecular complexity index is 469. The van der Waals surface area contributed by atoms with Crippen LogP contribution in [0.3, 0.4) is 0 Å². The molecule has 2 atom stereocenters. The lowest BCUT2D eigenvalue weighted by atomic mass is 9.72. The van der Waals surface area contributed by atoms with Crippen molar-refractivity contribution < 1.29 is 24.4 Å². The lowest BCUT2D eigenvalue weighted by Crippen LogP contribution is -2.53. The highest BCUT2D eigenvalue weighted by Gasteiger charge is 2.36. The Hall–Kier alpha value is -2.01. The van der Waals surface area contributed by atoms with Gasteiger partial charge in [0.05, 0.1) is 18.5 Å². The van der Waals surface area contributed by atoms with Crippen LogP contribution in [0, 0.1) is 0 Å². The highest BCUT2D eigenvalue weighted by molar-refractivity contribution is 6.45. The van der Waals surface area contributed by atoms with Crippen LogP contribution in [0.1, 0.15) is 19.3 Å². The molecule has 20 heavy (non-hydrogen) atoms. The predicted molar refractivity (Wildman–Crippen MR) is 64.1 cm³/mol. The summed E-state index contributed by atoms with van der Waals surface area (Å²) in [5.74, 6) is -1.91. The van der Waals surface area contributed by atoms with E-state index in [2.05, 4.69) is 20.8 Å². The molecular formula is C9H14BN5O5. The maximum Gasteiger partial charge on any atom is 0.478 e. The molecule has 1 fully saturated rings. The van der Waals surface area contributed by atoms with Crippen LogP contribution in [0.25, 0.3) is 0 Å². The maximum atomic E-state index is 11.7. The first-order valence-corrected chi connectivity index (χ1v) is 6.10. The molecule has 108 valence electrons. The zero-order valence-corrected chi connectivity index (χ0v) is 10.5. The minimum absolute atomic E-state index is 0.0607. The number of aliphatic carboxylic acids is 1. The molecule has 3 N–H and O–H groups in total. The fraction of sp³-hybridized carbons (Fsp3) is 0.667. The molecule has 0 spiro atoms. The largest absolute Gasteiger partial charge is 0.481 e. The normalized spacial score (nSPS) is 22.6. The number of amides is 1. The molecule has 0 radical (unpaired) electrons. The predicted octanol–water partition coefficient (Wildman–Crippen LogP) is -2.17. The second-order valence-electron chi connectivity index (χ2n) is 4.51. The van der Waals surface area contributed by atoms with Gasteiger partial charge in [0.15, 0.2) is 0 Å². The lowest BCUT2D eigenvalue weighted by molar-refractivity contribution is -0.139. The van der Waals surface area contributed by atoms with Crippen LogP contribution in [0.2, 0.25) is 0 Å². The summed E-state index contributed by atoms with van der Waals surface area (Å²) in [5, 5.41) is 31.4. The molecule has 10 nitrogen and oxygen atoms in total. The van der Waals surface area contributed by atoms with E-state index in [9.17, 15) is 14.6 Å². The molecule has 0 unspecified atom stereocenters. The van der Waals surface area contributed by atoms with E-state index in [4.69, 9.17) is 9.76 Å². The van der Waals surface area contributed by atoms with Crippen LogP contribution in [-0.2, 0) is 20.8 Å². The Labute approximate surface area is 114 Å². The molecule has 1 amide bonds. The van der Waals surface area contributed by atoms with Gasteiger partial charge in [0.1, 0.15) is 12.9 Å². The second kappa shape index (κ2) is 6.43. The number of hydrogen-bond acceptors (Lipinski definition) is 7. The first-order chi connectivity index (χ1) is 9.54. The molecule has 0 aliphatic carbocycles. The van der Waals surface area contributed by atoms with Crippen LogP contribution in [-0.4, -0.2) is 61.4 Å². The van der Waals surface area contributed by atoms with Crippen LogP contribution >= 0.6 is 0 Å². The Morgan fingerprint density at radius 1 is 1.50 bits per heavy atom. The van der Waals surface area contributed by atoms with Crippen molar-refractivity contribution in [2.45, 2.75) is 37.9 Å². The molecule has 1 saturated heterocycles. The van der Waals surface area contributed by atoms with Crippen LogP contribution < -0.4 is 5.32 Å². The van der Waals surface area contributed by atoms with Gasteiger partial charge in [-0.1, -0.05) is 0 Å². The van der Waals surface area contributed by atoms with E-state index in [-0.39, 0.29) is 18.9 Å². The smallest absolute Gasteiger partial charge is 0.478 e. The van der Waals surface area contributed by atoms with Gasteiger partial charge in [-0.25, -0.2) is 4.68 Å². The molecule has 1 aromatic rings. The van der Waals surface area contributed by atoms with Crippen molar-refractivity contribution in [2.75, 3.05) is 0 Å². The monoisotopic (exact) mass is 283 g/mol. The maximum absolute atomic E-state index is 11.7. The lowest BCUT2D eigenvalue weighted by Gasteiger charge is -2.30. The van der Waals surface area contributed by atoms with Crippen molar-refractivity contribution in [3.05, 3.63) is 6.33 Å². The van der Waals surface area contributed by atoms with Gasteiger partial charge < -0.3 is 20.1 Å². The Kier molecular flexibility index (Phi) is 4.63. The second-order valence-corrected chi connectivity index (χ2v) is 4.51. The van der Waals surface area contributed by atoms with Crippen molar-refractivity contribution in [2.24, 2.45) is 0 Å². The third-order valence-corrected chi connectivity index (χ3v) is 2.92. The number of rotatable bonds is 5. The van der Waals surface area contributed by atoms with E-state index >= 15 is 0 Å². The van der Waals surface area contributed by atoms with Gasteiger partial charge in [0.2, 0.25) is 5.91 Å². The molecule has 0 saturated carbocycles.